The summed E-state index contributed by atoms with van der Waals surface area (Å²) in [6, 6.07) is -3.35. The molecule has 0 aromatic heterocycles. The lowest BCUT2D eigenvalue weighted by molar-refractivity contribution is -0.204. The number of nitrogens with zero attached hydrogens (tertiary/aromatic N) is 3. The zero-order chi connectivity index (χ0) is 26.3. The summed E-state index contributed by atoms with van der Waals surface area (Å²) in [4.78, 5) is 37.6. The second kappa shape index (κ2) is 9.31. The molecule has 0 saturated carbocycles. The van der Waals surface area contributed by atoms with Crippen LogP contribution in [0.3, 0.4) is 0 Å². The summed E-state index contributed by atoms with van der Waals surface area (Å²) in [5.41, 5.74) is -2.28. The van der Waals surface area contributed by atoms with E-state index in [9.17, 15) is 27.6 Å². The van der Waals surface area contributed by atoms with Gasteiger partial charge in [0.1, 0.15) is 18.2 Å². The number of hydrogen-bond donors (Lipinski definition) is 0. The van der Waals surface area contributed by atoms with E-state index in [1.165, 1.54) is 40.7 Å². The molecule has 0 spiro atoms. The predicted octanol–water partition coefficient (Wildman–Crippen LogP) is 3.38. The molecule has 34 heavy (non-hydrogen) atoms. The first-order valence-electron chi connectivity index (χ1n) is 10.6. The zero-order valence-corrected chi connectivity index (χ0v) is 19.7. The van der Waals surface area contributed by atoms with E-state index >= 15 is 8.78 Å². The number of likely N-dealkylation sites (tertiary alicyclic amines) is 1. The fourth-order valence-corrected chi connectivity index (χ4v) is 3.89. The molecule has 2 atom stereocenters. The SMILES string of the molecule is C=CCOC(=O)C(C)(C)CCN1[C@@H]2[C@H](CN1C(=O)C(F)(F)F)N(C(=O)OC(C)(C)C)CC2(F)F. The lowest BCUT2D eigenvalue weighted by Crippen LogP contribution is -2.55. The number of fused-ring (bicyclic) bond motifs is 1. The number of amides is 2. The number of ether oxygens (including phenoxy) is 2. The number of hydrazine groups is 1. The highest BCUT2D eigenvalue weighted by molar-refractivity contribution is 5.82. The number of halogens is 5. The first-order chi connectivity index (χ1) is 15.3. The molecule has 2 amide bonds. The lowest BCUT2D eigenvalue weighted by atomic mass is 9.89. The number of carbonyl (C=O) groups excluding carboxylic acids is 3. The Morgan fingerprint density at radius 1 is 1.12 bits per heavy atom. The van der Waals surface area contributed by atoms with E-state index in [0.717, 1.165) is 0 Å². The van der Waals surface area contributed by atoms with Gasteiger partial charge in [-0.2, -0.15) is 13.2 Å². The molecule has 13 heteroatoms. The average molecular weight is 499 g/mol. The van der Waals surface area contributed by atoms with Crippen molar-refractivity contribution in [2.75, 3.05) is 26.2 Å². The van der Waals surface area contributed by atoms with Gasteiger partial charge in [-0.05, 0) is 41.0 Å². The third-order valence-corrected chi connectivity index (χ3v) is 5.53. The quantitative estimate of drug-likeness (QED) is 0.317. The van der Waals surface area contributed by atoms with Crippen LogP contribution < -0.4 is 0 Å². The molecule has 2 saturated heterocycles. The largest absolute Gasteiger partial charge is 0.472 e. The number of esters is 1. The van der Waals surface area contributed by atoms with Gasteiger partial charge in [0.2, 0.25) is 0 Å². The molecular weight excluding hydrogens is 469 g/mol. The summed E-state index contributed by atoms with van der Waals surface area (Å²) < 4.78 is 80.0. The summed E-state index contributed by atoms with van der Waals surface area (Å²) in [7, 11) is 0. The Kier molecular flexibility index (Phi) is 7.61. The number of alkyl halides is 5. The van der Waals surface area contributed by atoms with E-state index < -0.39 is 72.8 Å². The van der Waals surface area contributed by atoms with Gasteiger partial charge in [0.15, 0.2) is 0 Å². The Bertz CT molecular complexity index is 825. The van der Waals surface area contributed by atoms with Gasteiger partial charge in [-0.1, -0.05) is 12.7 Å². The van der Waals surface area contributed by atoms with Crippen LogP contribution in [-0.4, -0.2) is 88.9 Å². The minimum absolute atomic E-state index is 0.0989. The van der Waals surface area contributed by atoms with E-state index in [0.29, 0.717) is 9.91 Å². The highest BCUT2D eigenvalue weighted by Crippen LogP contribution is 2.43. The Labute approximate surface area is 194 Å². The van der Waals surface area contributed by atoms with Crippen LogP contribution in [0.1, 0.15) is 41.0 Å². The molecule has 0 radical (unpaired) electrons. The molecule has 0 aliphatic carbocycles. The standard InChI is InChI=1S/C21H30F5N3O5/c1-7-10-33-16(31)19(5,6)8-9-28-14-13(11-29(28)15(30)21(24,25)26)27(12-20(14,22)23)17(32)34-18(2,3)4/h7,13-14H,1,8-12H2,2-6H3/t13-,14+/m0/s1. The second-order valence-corrected chi connectivity index (χ2v) is 9.95. The van der Waals surface area contributed by atoms with Gasteiger partial charge in [0.25, 0.3) is 5.92 Å². The summed E-state index contributed by atoms with van der Waals surface area (Å²) >= 11 is 0. The van der Waals surface area contributed by atoms with Crippen LogP contribution in [0, 0.1) is 5.41 Å². The van der Waals surface area contributed by atoms with Gasteiger partial charge in [-0.3, -0.25) is 19.5 Å². The van der Waals surface area contributed by atoms with Crippen LogP contribution >= 0.6 is 0 Å². The molecule has 2 heterocycles. The fourth-order valence-electron chi connectivity index (χ4n) is 3.89. The molecule has 0 N–H and O–H groups in total. The van der Waals surface area contributed by atoms with Crippen molar-refractivity contribution in [2.45, 2.75) is 70.8 Å². The minimum Gasteiger partial charge on any atom is -0.461 e. The van der Waals surface area contributed by atoms with Crippen LogP contribution in [0.4, 0.5) is 26.7 Å². The van der Waals surface area contributed by atoms with E-state index in [4.69, 9.17) is 9.47 Å². The van der Waals surface area contributed by atoms with Crippen molar-refractivity contribution in [3.63, 3.8) is 0 Å². The van der Waals surface area contributed by atoms with Crippen molar-refractivity contribution in [1.29, 1.82) is 0 Å². The van der Waals surface area contributed by atoms with Crippen molar-refractivity contribution in [3.05, 3.63) is 12.7 Å². The number of carbonyl (C=O) groups is 3. The molecule has 0 aromatic carbocycles. The van der Waals surface area contributed by atoms with Crippen molar-refractivity contribution in [2.24, 2.45) is 5.41 Å². The highest BCUT2D eigenvalue weighted by Gasteiger charge is 2.66. The average Bonchev–Trinajstić information content (AvgIpc) is 3.17. The number of hydrogen-bond acceptors (Lipinski definition) is 6. The van der Waals surface area contributed by atoms with Crippen molar-refractivity contribution in [3.8, 4) is 0 Å². The van der Waals surface area contributed by atoms with Gasteiger partial charge in [-0.15, -0.1) is 0 Å². The molecule has 2 fully saturated rings. The third kappa shape index (κ3) is 5.97. The molecule has 2 aliphatic rings. The summed E-state index contributed by atoms with van der Waals surface area (Å²) in [6.07, 6.45) is -5.32. The molecule has 8 nitrogen and oxygen atoms in total. The van der Waals surface area contributed by atoms with Crippen LogP contribution in [-0.2, 0) is 19.1 Å². The van der Waals surface area contributed by atoms with Crippen molar-refractivity contribution >= 4 is 18.0 Å². The first kappa shape index (κ1) is 27.8. The van der Waals surface area contributed by atoms with E-state index in [1.54, 1.807) is 0 Å². The Hall–Kier alpha value is -2.44. The van der Waals surface area contributed by atoms with E-state index in [2.05, 4.69) is 6.58 Å². The molecule has 0 unspecified atom stereocenters. The zero-order valence-electron chi connectivity index (χ0n) is 19.7. The maximum absolute atomic E-state index is 15.1. The highest BCUT2D eigenvalue weighted by atomic mass is 19.4. The third-order valence-electron chi connectivity index (χ3n) is 5.53. The summed E-state index contributed by atoms with van der Waals surface area (Å²) in [5, 5.41) is 0.804. The van der Waals surface area contributed by atoms with Crippen LogP contribution in [0.15, 0.2) is 12.7 Å². The maximum atomic E-state index is 15.1. The first-order valence-corrected chi connectivity index (χ1v) is 10.6. The lowest BCUT2D eigenvalue weighted by Gasteiger charge is -2.35. The fraction of sp³-hybridized carbons (Fsp3) is 0.762. The van der Waals surface area contributed by atoms with Crippen molar-refractivity contribution in [1.82, 2.24) is 14.9 Å². The maximum Gasteiger partial charge on any atom is 0.472 e. The molecular formula is C21H30F5N3O5. The molecule has 2 rings (SSSR count). The van der Waals surface area contributed by atoms with Gasteiger partial charge < -0.3 is 9.47 Å². The Morgan fingerprint density at radius 3 is 2.21 bits per heavy atom. The van der Waals surface area contributed by atoms with Crippen LogP contribution in [0.5, 0.6) is 0 Å². The van der Waals surface area contributed by atoms with Crippen molar-refractivity contribution < 1.29 is 45.8 Å². The predicted molar refractivity (Wildman–Crippen MR) is 109 cm³/mol. The van der Waals surface area contributed by atoms with Gasteiger partial charge >= 0.3 is 24.1 Å². The summed E-state index contributed by atoms with van der Waals surface area (Å²) in [5.74, 6) is -6.69. The van der Waals surface area contributed by atoms with Crippen LogP contribution in [0.25, 0.3) is 0 Å². The number of rotatable bonds is 6. The minimum atomic E-state index is -5.33. The smallest absolute Gasteiger partial charge is 0.461 e. The molecule has 0 aromatic rings. The molecule has 0 bridgehead atoms. The normalized spacial score (nSPS) is 23.0. The van der Waals surface area contributed by atoms with E-state index in [-0.39, 0.29) is 18.0 Å². The van der Waals surface area contributed by atoms with Gasteiger partial charge in [0, 0.05) is 6.54 Å². The summed E-state index contributed by atoms with van der Waals surface area (Å²) in [6.45, 7) is 8.40. The monoisotopic (exact) mass is 499 g/mol. The molecule has 194 valence electrons. The van der Waals surface area contributed by atoms with Gasteiger partial charge in [0.05, 0.1) is 24.5 Å². The Balaban J connectivity index is 2.36. The topological polar surface area (TPSA) is 79.4 Å². The second-order valence-electron chi connectivity index (χ2n) is 9.95. The van der Waals surface area contributed by atoms with Gasteiger partial charge in [-0.25, -0.2) is 18.6 Å². The van der Waals surface area contributed by atoms with Crippen LogP contribution in [0.2, 0.25) is 0 Å². The molecule has 2 aliphatic heterocycles. The van der Waals surface area contributed by atoms with E-state index in [1.807, 2.05) is 0 Å². The Morgan fingerprint density at radius 2 is 1.71 bits per heavy atom.